The van der Waals surface area contributed by atoms with E-state index in [2.05, 4.69) is 0 Å². The van der Waals surface area contributed by atoms with Crippen molar-refractivity contribution in [3.63, 3.8) is 0 Å². The third-order valence-corrected chi connectivity index (χ3v) is 5.71. The van der Waals surface area contributed by atoms with Crippen LogP contribution in [0, 0.1) is 11.2 Å². The van der Waals surface area contributed by atoms with E-state index in [-0.39, 0.29) is 31.2 Å². The number of amides is 2. The molecule has 2 aromatic rings. The second-order valence-corrected chi connectivity index (χ2v) is 8.34. The molecule has 1 aliphatic rings. The van der Waals surface area contributed by atoms with E-state index in [1.165, 1.54) is 6.07 Å². The number of carbonyl (C=O) groups excluding carboxylic acids is 2. The summed E-state index contributed by atoms with van der Waals surface area (Å²) >= 11 is 6.01. The van der Waals surface area contributed by atoms with Crippen LogP contribution in [0.2, 0.25) is 5.02 Å². The Bertz CT molecular complexity index is 908. The van der Waals surface area contributed by atoms with E-state index >= 15 is 0 Å². The Hall–Kier alpha value is -2.60. The number of hydrogen-bond donors (Lipinski definition) is 1. The van der Waals surface area contributed by atoms with E-state index in [1.54, 1.807) is 47.4 Å². The van der Waals surface area contributed by atoms with Crippen molar-refractivity contribution in [2.45, 2.75) is 32.1 Å². The third-order valence-electron chi connectivity index (χ3n) is 5.47. The fraction of sp³-hybridized carbons (Fsp3) is 0.391. The summed E-state index contributed by atoms with van der Waals surface area (Å²) in [5.74, 6) is -0.184. The van der Waals surface area contributed by atoms with E-state index in [0.29, 0.717) is 35.8 Å². The Balaban J connectivity index is 1.66. The molecule has 7 heteroatoms. The van der Waals surface area contributed by atoms with Crippen molar-refractivity contribution in [2.75, 3.05) is 19.7 Å². The van der Waals surface area contributed by atoms with Gasteiger partial charge in [-0.3, -0.25) is 9.59 Å². The van der Waals surface area contributed by atoms with Crippen molar-refractivity contribution in [1.29, 1.82) is 0 Å². The molecule has 1 aliphatic heterocycles. The molecular formula is C23H26ClFN2O3. The average molecular weight is 433 g/mol. The first-order valence-electron chi connectivity index (χ1n) is 10.0. The number of likely N-dealkylation sites (tertiary alicyclic amines) is 1. The molecule has 1 saturated heterocycles. The molecule has 0 aromatic heterocycles. The number of primary amides is 1. The summed E-state index contributed by atoms with van der Waals surface area (Å²) in [6, 6.07) is 13.5. The lowest BCUT2D eigenvalue weighted by Crippen LogP contribution is -2.50. The van der Waals surface area contributed by atoms with Crippen LogP contribution < -0.4 is 10.5 Å². The van der Waals surface area contributed by atoms with E-state index in [0.717, 1.165) is 12.8 Å². The molecule has 1 atom stereocenters. The van der Waals surface area contributed by atoms with Gasteiger partial charge in [0.05, 0.1) is 6.61 Å². The van der Waals surface area contributed by atoms with Crippen molar-refractivity contribution < 1.29 is 18.7 Å². The lowest BCUT2D eigenvalue weighted by molar-refractivity contribution is -0.137. The predicted molar refractivity (Wildman–Crippen MR) is 114 cm³/mol. The molecule has 1 heterocycles. The normalized spacial score (nSPS) is 18.8. The molecule has 2 amide bonds. The number of benzene rings is 2. The minimum Gasteiger partial charge on any atom is -0.493 e. The summed E-state index contributed by atoms with van der Waals surface area (Å²) in [6.45, 7) is 1.24. The molecule has 0 saturated carbocycles. The third kappa shape index (κ3) is 5.95. The van der Waals surface area contributed by atoms with Crippen molar-refractivity contribution in [2.24, 2.45) is 11.1 Å². The standard InChI is InChI=1S/C23H26ClFN2O3/c24-18-6-3-7-19(13-18)30-16-23(14-21(26)28)11-4-12-27(15-23)22(29)10-9-17-5-1-2-8-20(17)25/h1-3,5-8,13H,4,9-12,14-16H2,(H2,26,28)/t23-/m1/s1. The first-order valence-corrected chi connectivity index (χ1v) is 10.4. The fourth-order valence-electron chi connectivity index (χ4n) is 4.00. The van der Waals surface area contributed by atoms with Crippen LogP contribution in [0.4, 0.5) is 4.39 Å². The second-order valence-electron chi connectivity index (χ2n) is 7.90. The highest BCUT2D eigenvalue weighted by Crippen LogP contribution is 2.35. The summed E-state index contributed by atoms with van der Waals surface area (Å²) in [4.78, 5) is 26.3. The van der Waals surface area contributed by atoms with Crippen LogP contribution in [0.3, 0.4) is 0 Å². The highest BCUT2D eigenvalue weighted by molar-refractivity contribution is 6.30. The van der Waals surface area contributed by atoms with Crippen LogP contribution in [0.25, 0.3) is 0 Å². The number of aryl methyl sites for hydroxylation is 1. The lowest BCUT2D eigenvalue weighted by atomic mass is 9.77. The number of halogens is 2. The van der Waals surface area contributed by atoms with Gasteiger partial charge in [0.1, 0.15) is 11.6 Å². The SMILES string of the molecule is NC(=O)C[C@]1(COc2cccc(Cl)c2)CCCN(C(=O)CCc2ccccc2F)C1. The molecule has 0 bridgehead atoms. The first-order chi connectivity index (χ1) is 14.4. The largest absolute Gasteiger partial charge is 0.493 e. The maximum atomic E-state index is 13.8. The highest BCUT2D eigenvalue weighted by Gasteiger charge is 2.39. The number of carbonyl (C=O) groups is 2. The Morgan fingerprint density at radius 2 is 2.00 bits per heavy atom. The van der Waals surface area contributed by atoms with Gasteiger partial charge in [0, 0.05) is 36.4 Å². The smallest absolute Gasteiger partial charge is 0.222 e. The molecule has 3 rings (SSSR count). The zero-order valence-electron chi connectivity index (χ0n) is 16.8. The molecule has 2 N–H and O–H groups in total. The van der Waals surface area contributed by atoms with E-state index < -0.39 is 11.3 Å². The van der Waals surface area contributed by atoms with Gasteiger partial charge in [0.2, 0.25) is 11.8 Å². The zero-order chi connectivity index (χ0) is 21.6. The van der Waals surface area contributed by atoms with Gasteiger partial charge in [-0.25, -0.2) is 4.39 Å². The Morgan fingerprint density at radius 1 is 1.20 bits per heavy atom. The zero-order valence-corrected chi connectivity index (χ0v) is 17.5. The summed E-state index contributed by atoms with van der Waals surface area (Å²) in [6.07, 6.45) is 2.16. The first kappa shape index (κ1) is 22.1. The Labute approximate surface area is 181 Å². The van der Waals surface area contributed by atoms with E-state index in [9.17, 15) is 14.0 Å². The lowest BCUT2D eigenvalue weighted by Gasteiger charge is -2.42. The number of nitrogens with zero attached hydrogens (tertiary/aromatic N) is 1. The molecule has 160 valence electrons. The van der Waals surface area contributed by atoms with Crippen molar-refractivity contribution >= 4 is 23.4 Å². The van der Waals surface area contributed by atoms with Crippen LogP contribution in [-0.4, -0.2) is 36.4 Å². The minimum atomic E-state index is -0.555. The summed E-state index contributed by atoms with van der Waals surface area (Å²) in [5, 5.41) is 0.560. The number of piperidine rings is 1. The topological polar surface area (TPSA) is 72.6 Å². The quantitative estimate of drug-likeness (QED) is 0.685. The fourth-order valence-corrected chi connectivity index (χ4v) is 4.18. The Kier molecular flexibility index (Phi) is 7.32. The van der Waals surface area contributed by atoms with Crippen molar-refractivity contribution in [3.8, 4) is 5.75 Å². The van der Waals surface area contributed by atoms with E-state index in [1.807, 2.05) is 0 Å². The van der Waals surface area contributed by atoms with Crippen LogP contribution >= 0.6 is 11.6 Å². The molecule has 2 aromatic carbocycles. The van der Waals surface area contributed by atoms with Gasteiger partial charge >= 0.3 is 0 Å². The van der Waals surface area contributed by atoms with Gasteiger partial charge in [0.25, 0.3) is 0 Å². The van der Waals surface area contributed by atoms with Gasteiger partial charge in [-0.05, 0) is 49.1 Å². The van der Waals surface area contributed by atoms with Crippen molar-refractivity contribution in [3.05, 3.63) is 64.9 Å². The molecule has 0 aliphatic carbocycles. The van der Waals surface area contributed by atoms with Gasteiger partial charge in [-0.15, -0.1) is 0 Å². The molecule has 1 fully saturated rings. The molecule has 30 heavy (non-hydrogen) atoms. The number of rotatable bonds is 8. The summed E-state index contributed by atoms with van der Waals surface area (Å²) < 4.78 is 19.8. The molecular weight excluding hydrogens is 407 g/mol. The molecule has 0 radical (unpaired) electrons. The van der Waals surface area contributed by atoms with Gasteiger partial charge in [-0.1, -0.05) is 35.9 Å². The summed E-state index contributed by atoms with van der Waals surface area (Å²) in [7, 11) is 0. The second kappa shape index (κ2) is 9.94. The van der Waals surface area contributed by atoms with Crippen LogP contribution in [0.1, 0.15) is 31.2 Å². The summed E-state index contributed by atoms with van der Waals surface area (Å²) in [5.41, 5.74) is 5.48. The van der Waals surface area contributed by atoms with Crippen LogP contribution in [0.5, 0.6) is 5.75 Å². The number of ether oxygens (including phenoxy) is 1. The average Bonchev–Trinajstić information content (AvgIpc) is 2.71. The number of hydrogen-bond acceptors (Lipinski definition) is 3. The van der Waals surface area contributed by atoms with Crippen LogP contribution in [0.15, 0.2) is 48.5 Å². The maximum absolute atomic E-state index is 13.8. The van der Waals surface area contributed by atoms with Gasteiger partial charge in [-0.2, -0.15) is 0 Å². The Morgan fingerprint density at radius 3 is 2.73 bits per heavy atom. The minimum absolute atomic E-state index is 0.0606. The van der Waals surface area contributed by atoms with Gasteiger partial charge < -0.3 is 15.4 Å². The van der Waals surface area contributed by atoms with Crippen LogP contribution in [-0.2, 0) is 16.0 Å². The van der Waals surface area contributed by atoms with Crippen molar-refractivity contribution in [1.82, 2.24) is 4.90 Å². The maximum Gasteiger partial charge on any atom is 0.222 e. The predicted octanol–water partition coefficient (Wildman–Crippen LogP) is 3.97. The molecule has 5 nitrogen and oxygen atoms in total. The van der Waals surface area contributed by atoms with E-state index in [4.69, 9.17) is 22.1 Å². The molecule has 0 unspecified atom stereocenters. The highest BCUT2D eigenvalue weighted by atomic mass is 35.5. The number of nitrogens with two attached hydrogens (primary N) is 1. The molecule has 0 spiro atoms. The monoisotopic (exact) mass is 432 g/mol. The van der Waals surface area contributed by atoms with Gasteiger partial charge in [0.15, 0.2) is 0 Å².